The minimum absolute atomic E-state index is 0.0890. The van der Waals surface area contributed by atoms with Crippen molar-refractivity contribution >= 4 is 16.9 Å². The maximum absolute atomic E-state index is 14.2. The second-order valence-corrected chi connectivity index (χ2v) is 6.10. The van der Waals surface area contributed by atoms with Crippen molar-refractivity contribution in [1.29, 1.82) is 5.26 Å². The third kappa shape index (κ3) is 3.03. The molecule has 2 N–H and O–H groups in total. The van der Waals surface area contributed by atoms with E-state index in [0.29, 0.717) is 17.2 Å². The Hall–Kier alpha value is -2.46. The van der Waals surface area contributed by atoms with Gasteiger partial charge in [0, 0.05) is 34.7 Å². The van der Waals surface area contributed by atoms with E-state index in [2.05, 4.69) is 9.98 Å². The Kier molecular flexibility index (Phi) is 4.26. The predicted octanol–water partition coefficient (Wildman–Crippen LogP) is 3.39. The third-order valence-corrected chi connectivity index (χ3v) is 4.41. The van der Waals surface area contributed by atoms with Crippen LogP contribution in [0.5, 0.6) is 0 Å². The first-order valence-electron chi connectivity index (χ1n) is 6.90. The highest BCUT2D eigenvalue weighted by Crippen LogP contribution is 2.34. The molecule has 1 aromatic heterocycles. The fourth-order valence-corrected chi connectivity index (χ4v) is 3.25. The van der Waals surface area contributed by atoms with Gasteiger partial charge in [0.15, 0.2) is 5.17 Å². The van der Waals surface area contributed by atoms with Gasteiger partial charge in [-0.25, -0.2) is 13.8 Å². The Bertz CT molecular complexity index is 829. The predicted molar refractivity (Wildman–Crippen MR) is 85.7 cm³/mol. The average molecular weight is 330 g/mol. The van der Waals surface area contributed by atoms with Gasteiger partial charge in [-0.15, -0.1) is 0 Å². The van der Waals surface area contributed by atoms with Crippen LogP contribution in [0.1, 0.15) is 23.7 Å². The van der Waals surface area contributed by atoms with Crippen molar-refractivity contribution < 1.29 is 8.78 Å². The molecule has 1 aromatic carbocycles. The number of hydrogen-bond donors (Lipinski definition) is 1. The second-order valence-electron chi connectivity index (χ2n) is 4.99. The number of nitriles is 1. The zero-order valence-corrected chi connectivity index (χ0v) is 12.8. The Morgan fingerprint density at radius 2 is 2.09 bits per heavy atom. The maximum Gasteiger partial charge on any atom is 0.154 e. The molecule has 0 spiro atoms. The molecule has 1 atom stereocenters. The highest BCUT2D eigenvalue weighted by atomic mass is 32.2. The molecule has 1 aliphatic rings. The Labute approximate surface area is 136 Å². The lowest BCUT2D eigenvalue weighted by Crippen LogP contribution is -2.16. The van der Waals surface area contributed by atoms with Crippen LogP contribution in [0.4, 0.5) is 8.78 Å². The number of nitrogens with zero attached hydrogens (tertiary/aromatic N) is 3. The molecule has 0 radical (unpaired) electrons. The van der Waals surface area contributed by atoms with Crippen LogP contribution in [-0.2, 0) is 0 Å². The minimum Gasteiger partial charge on any atom is -0.379 e. The van der Waals surface area contributed by atoms with Crippen LogP contribution in [-0.4, -0.2) is 15.9 Å². The van der Waals surface area contributed by atoms with Gasteiger partial charge in [-0.2, -0.15) is 5.26 Å². The number of hydrogen-bond acceptors (Lipinski definition) is 5. The lowest BCUT2D eigenvalue weighted by molar-refractivity contribution is 0.553. The number of rotatable bonds is 2. The summed E-state index contributed by atoms with van der Waals surface area (Å²) >= 11 is 1.41. The van der Waals surface area contributed by atoms with Crippen molar-refractivity contribution in [3.63, 3.8) is 0 Å². The summed E-state index contributed by atoms with van der Waals surface area (Å²) in [6.07, 6.45) is 2.07. The monoisotopic (exact) mass is 330 g/mol. The summed E-state index contributed by atoms with van der Waals surface area (Å²) in [5, 5.41) is 9.52. The first kappa shape index (κ1) is 15.4. The Balaban J connectivity index is 2.14. The van der Waals surface area contributed by atoms with Crippen LogP contribution >= 0.6 is 11.8 Å². The molecule has 0 bridgehead atoms. The van der Waals surface area contributed by atoms with Gasteiger partial charge in [-0.3, -0.25) is 4.99 Å². The number of pyridine rings is 1. The van der Waals surface area contributed by atoms with Crippen LogP contribution in [0, 0.1) is 23.0 Å². The molecule has 0 saturated heterocycles. The molecular formula is C16H12F2N4S. The van der Waals surface area contributed by atoms with Crippen LogP contribution in [0.2, 0.25) is 0 Å². The summed E-state index contributed by atoms with van der Waals surface area (Å²) in [4.78, 5) is 8.15. The van der Waals surface area contributed by atoms with E-state index in [-0.39, 0.29) is 16.8 Å². The number of amidine groups is 1. The molecule has 0 amide bonds. The highest BCUT2D eigenvalue weighted by molar-refractivity contribution is 8.13. The first-order chi connectivity index (χ1) is 11.1. The van der Waals surface area contributed by atoms with Gasteiger partial charge >= 0.3 is 0 Å². The molecule has 3 rings (SSSR count). The molecule has 1 unspecified atom stereocenters. The van der Waals surface area contributed by atoms with Crippen molar-refractivity contribution in [2.75, 3.05) is 5.75 Å². The van der Waals surface area contributed by atoms with E-state index < -0.39 is 17.7 Å². The smallest absolute Gasteiger partial charge is 0.154 e. The van der Waals surface area contributed by atoms with E-state index in [0.717, 1.165) is 11.8 Å². The van der Waals surface area contributed by atoms with Crippen LogP contribution < -0.4 is 5.73 Å². The zero-order valence-electron chi connectivity index (χ0n) is 12.0. The molecule has 0 fully saturated rings. The Morgan fingerprint density at radius 3 is 2.83 bits per heavy atom. The lowest BCUT2D eigenvalue weighted by atomic mass is 9.96. The van der Waals surface area contributed by atoms with Crippen molar-refractivity contribution in [2.45, 2.75) is 12.5 Å². The number of nitrogens with two attached hydrogens (primary N) is 1. The molecule has 2 heterocycles. The summed E-state index contributed by atoms with van der Waals surface area (Å²) in [7, 11) is 0. The molecule has 4 nitrogen and oxygen atoms in total. The largest absolute Gasteiger partial charge is 0.379 e. The van der Waals surface area contributed by atoms with E-state index in [9.17, 15) is 8.78 Å². The SMILES string of the molecule is N#Cc1ncccc1-c1cc(C2CCSC(N)=N2)c(F)cc1F. The van der Waals surface area contributed by atoms with Gasteiger partial charge in [-0.05, 0) is 24.6 Å². The first-order valence-corrected chi connectivity index (χ1v) is 7.89. The molecule has 7 heteroatoms. The van der Waals surface area contributed by atoms with Crippen LogP contribution in [0.3, 0.4) is 0 Å². The van der Waals surface area contributed by atoms with Gasteiger partial charge in [0.05, 0.1) is 6.04 Å². The van der Waals surface area contributed by atoms with Crippen LogP contribution in [0.25, 0.3) is 11.1 Å². The summed E-state index contributed by atoms with van der Waals surface area (Å²) in [5.41, 5.74) is 6.53. The topological polar surface area (TPSA) is 75.1 Å². The highest BCUT2D eigenvalue weighted by Gasteiger charge is 2.22. The van der Waals surface area contributed by atoms with Gasteiger partial charge < -0.3 is 5.73 Å². The van der Waals surface area contributed by atoms with Gasteiger partial charge in [0.25, 0.3) is 0 Å². The number of aliphatic imine (C=N–C) groups is 1. The molecule has 2 aromatic rings. The fourth-order valence-electron chi connectivity index (χ4n) is 2.49. The number of halogens is 2. The fraction of sp³-hybridized carbons (Fsp3) is 0.188. The zero-order chi connectivity index (χ0) is 16.4. The molecular weight excluding hydrogens is 318 g/mol. The molecule has 0 aliphatic carbocycles. The van der Waals surface area contributed by atoms with Crippen molar-refractivity contribution in [2.24, 2.45) is 10.7 Å². The molecule has 0 saturated carbocycles. The van der Waals surface area contributed by atoms with Crippen molar-refractivity contribution in [3.8, 4) is 17.2 Å². The van der Waals surface area contributed by atoms with E-state index in [4.69, 9.17) is 11.0 Å². The van der Waals surface area contributed by atoms with E-state index in [1.54, 1.807) is 12.1 Å². The van der Waals surface area contributed by atoms with E-state index in [1.807, 2.05) is 6.07 Å². The summed E-state index contributed by atoms with van der Waals surface area (Å²) in [5.74, 6) is -0.678. The number of thioether (sulfide) groups is 1. The quantitative estimate of drug-likeness (QED) is 0.916. The maximum atomic E-state index is 14.2. The minimum atomic E-state index is -0.738. The molecule has 23 heavy (non-hydrogen) atoms. The van der Waals surface area contributed by atoms with E-state index >= 15 is 0 Å². The molecule has 116 valence electrons. The summed E-state index contributed by atoms with van der Waals surface area (Å²) in [6, 6.07) is 6.89. The second kappa shape index (κ2) is 6.34. The lowest BCUT2D eigenvalue weighted by Gasteiger charge is -2.20. The van der Waals surface area contributed by atoms with Crippen molar-refractivity contribution in [1.82, 2.24) is 4.98 Å². The van der Waals surface area contributed by atoms with Crippen LogP contribution in [0.15, 0.2) is 35.5 Å². The van der Waals surface area contributed by atoms with Gasteiger partial charge in [0.2, 0.25) is 0 Å². The summed E-state index contributed by atoms with van der Waals surface area (Å²) in [6.45, 7) is 0. The number of aromatic nitrogens is 1. The van der Waals surface area contributed by atoms with Gasteiger partial charge in [0.1, 0.15) is 23.4 Å². The molecule has 1 aliphatic heterocycles. The van der Waals surface area contributed by atoms with E-state index in [1.165, 1.54) is 24.0 Å². The third-order valence-electron chi connectivity index (χ3n) is 3.57. The summed E-state index contributed by atoms with van der Waals surface area (Å²) < 4.78 is 28.4. The normalized spacial score (nSPS) is 17.4. The number of benzene rings is 1. The standard InChI is InChI=1S/C16H12F2N4S/c17-12-7-13(18)11(14-3-5-23-16(20)22-14)6-10(12)9-2-1-4-21-15(9)8-19/h1-2,4,6-7,14H,3,5H2,(H2,20,22). The Morgan fingerprint density at radius 1 is 1.26 bits per heavy atom. The average Bonchev–Trinajstić information content (AvgIpc) is 2.55. The van der Waals surface area contributed by atoms with Gasteiger partial charge in [-0.1, -0.05) is 11.8 Å². The van der Waals surface area contributed by atoms with Crippen molar-refractivity contribution in [3.05, 3.63) is 53.4 Å².